The number of fused-ring (bicyclic) bond motifs is 1. The summed E-state index contributed by atoms with van der Waals surface area (Å²) in [6, 6.07) is 6.66. The summed E-state index contributed by atoms with van der Waals surface area (Å²) in [5.41, 5.74) is 0.946. The molecule has 1 aromatic rings. The fraction of sp³-hybridized carbons (Fsp3) is 0.632. The highest BCUT2D eigenvalue weighted by atomic mass is 16.5. The summed E-state index contributed by atoms with van der Waals surface area (Å²) in [7, 11) is 4.01. The van der Waals surface area contributed by atoms with Crippen molar-refractivity contribution in [3.05, 3.63) is 18.2 Å². The molecule has 1 aromatic carbocycles. The first kappa shape index (κ1) is 17.9. The van der Waals surface area contributed by atoms with Crippen LogP contribution in [-0.4, -0.2) is 57.3 Å². The predicted octanol–water partition coefficient (Wildman–Crippen LogP) is 2.71. The minimum Gasteiger partial charge on any atom is -0.490 e. The lowest BCUT2D eigenvalue weighted by atomic mass is 10.2. The van der Waals surface area contributed by atoms with Crippen LogP contribution in [0.2, 0.25) is 0 Å². The van der Waals surface area contributed by atoms with Crippen molar-refractivity contribution in [2.75, 3.05) is 45.7 Å². The minimum atomic E-state index is 0.691. The van der Waals surface area contributed by atoms with E-state index in [1.165, 1.54) is 25.7 Å². The molecule has 0 bridgehead atoms. The van der Waals surface area contributed by atoms with Gasteiger partial charge in [0.25, 0.3) is 0 Å². The maximum atomic E-state index is 5.74. The van der Waals surface area contributed by atoms with E-state index in [9.17, 15) is 0 Å². The summed E-state index contributed by atoms with van der Waals surface area (Å²) in [4.78, 5) is 6.77. The molecule has 2 aliphatic rings. The number of ether oxygens (including phenoxy) is 2. The van der Waals surface area contributed by atoms with Gasteiger partial charge in [0.15, 0.2) is 17.5 Å². The molecule has 1 saturated carbocycles. The number of nitrogens with one attached hydrogen (secondary N) is 2. The highest BCUT2D eigenvalue weighted by Crippen LogP contribution is 2.32. The monoisotopic (exact) mass is 346 g/mol. The van der Waals surface area contributed by atoms with Gasteiger partial charge in [0.1, 0.15) is 0 Å². The quantitative estimate of drug-likeness (QED) is 0.634. The molecule has 0 saturated heterocycles. The number of likely N-dealkylation sites (N-methyl/N-ethyl adjacent to an activating group) is 1. The molecule has 6 nitrogen and oxygen atoms in total. The maximum Gasteiger partial charge on any atom is 0.195 e. The molecule has 0 radical (unpaired) electrons. The number of anilines is 1. The van der Waals surface area contributed by atoms with Gasteiger partial charge in [-0.1, -0.05) is 12.8 Å². The van der Waals surface area contributed by atoms with Crippen LogP contribution in [0.3, 0.4) is 0 Å². The third kappa shape index (κ3) is 5.01. The first-order valence-electron chi connectivity index (χ1n) is 9.34. The second kappa shape index (κ2) is 8.94. The van der Waals surface area contributed by atoms with Gasteiger partial charge in [0.05, 0.1) is 13.2 Å². The lowest BCUT2D eigenvalue weighted by Gasteiger charge is -2.24. The average molecular weight is 346 g/mol. The molecule has 1 heterocycles. The van der Waals surface area contributed by atoms with Gasteiger partial charge in [0.2, 0.25) is 0 Å². The van der Waals surface area contributed by atoms with Crippen LogP contribution < -0.4 is 20.1 Å². The molecule has 1 aliphatic carbocycles. The third-order valence-electron chi connectivity index (χ3n) is 4.94. The largest absolute Gasteiger partial charge is 0.490 e. The summed E-state index contributed by atoms with van der Waals surface area (Å²) in [6.45, 7) is 3.29. The SMILES string of the molecule is CN=C(NCCN(C)C1CCCC1)Nc1ccc2c(c1)OCCCO2. The molecule has 0 amide bonds. The van der Waals surface area contributed by atoms with E-state index in [4.69, 9.17) is 9.47 Å². The normalized spacial score (nSPS) is 18.3. The van der Waals surface area contributed by atoms with Crippen molar-refractivity contribution >= 4 is 11.6 Å². The van der Waals surface area contributed by atoms with Crippen LogP contribution in [-0.2, 0) is 0 Å². The summed E-state index contributed by atoms with van der Waals surface area (Å²) >= 11 is 0. The molecule has 0 unspecified atom stereocenters. The Morgan fingerprint density at radius 3 is 2.68 bits per heavy atom. The molecule has 25 heavy (non-hydrogen) atoms. The Morgan fingerprint density at radius 2 is 1.92 bits per heavy atom. The van der Waals surface area contributed by atoms with E-state index in [0.29, 0.717) is 13.2 Å². The van der Waals surface area contributed by atoms with Gasteiger partial charge >= 0.3 is 0 Å². The molecule has 138 valence electrons. The smallest absolute Gasteiger partial charge is 0.195 e. The second-order valence-electron chi connectivity index (χ2n) is 6.75. The van der Waals surface area contributed by atoms with E-state index in [2.05, 4.69) is 27.6 Å². The lowest BCUT2D eigenvalue weighted by molar-refractivity contribution is 0.249. The average Bonchev–Trinajstić information content (AvgIpc) is 3.07. The zero-order valence-electron chi connectivity index (χ0n) is 15.4. The van der Waals surface area contributed by atoms with Crippen LogP contribution in [0.5, 0.6) is 11.5 Å². The Morgan fingerprint density at radius 1 is 1.16 bits per heavy atom. The van der Waals surface area contributed by atoms with Crippen LogP contribution in [0.4, 0.5) is 5.69 Å². The number of aliphatic imine (C=N–C) groups is 1. The van der Waals surface area contributed by atoms with Gasteiger partial charge in [-0.15, -0.1) is 0 Å². The zero-order chi connectivity index (χ0) is 17.5. The van der Waals surface area contributed by atoms with E-state index < -0.39 is 0 Å². The molecule has 6 heteroatoms. The van der Waals surface area contributed by atoms with Gasteiger partial charge in [0, 0.05) is 44.4 Å². The summed E-state index contributed by atoms with van der Waals surface area (Å²) < 4.78 is 11.4. The lowest BCUT2D eigenvalue weighted by Crippen LogP contribution is -2.39. The molecule has 2 N–H and O–H groups in total. The highest BCUT2D eigenvalue weighted by molar-refractivity contribution is 5.93. The highest BCUT2D eigenvalue weighted by Gasteiger charge is 2.19. The Balaban J connectivity index is 1.49. The Kier molecular flexibility index (Phi) is 6.39. The first-order chi connectivity index (χ1) is 12.3. The zero-order valence-corrected chi connectivity index (χ0v) is 15.4. The minimum absolute atomic E-state index is 0.691. The molecular formula is C19H30N4O2. The van der Waals surface area contributed by atoms with E-state index in [1.807, 2.05) is 18.2 Å². The van der Waals surface area contributed by atoms with Crippen LogP contribution in [0.15, 0.2) is 23.2 Å². The molecule has 0 spiro atoms. The standard InChI is InChI=1S/C19H30N4O2/c1-20-19(21-10-11-23(2)16-6-3-4-7-16)22-15-8-9-17-18(14-15)25-13-5-12-24-17/h8-9,14,16H,3-7,10-13H2,1-2H3,(H2,20,21,22). The van der Waals surface area contributed by atoms with Crippen molar-refractivity contribution in [2.24, 2.45) is 4.99 Å². The van der Waals surface area contributed by atoms with Crippen LogP contribution in [0, 0.1) is 0 Å². The van der Waals surface area contributed by atoms with Crippen molar-refractivity contribution < 1.29 is 9.47 Å². The topological polar surface area (TPSA) is 58.1 Å². The molecular weight excluding hydrogens is 316 g/mol. The van der Waals surface area contributed by atoms with Crippen molar-refractivity contribution in [3.8, 4) is 11.5 Å². The van der Waals surface area contributed by atoms with E-state index >= 15 is 0 Å². The summed E-state index contributed by atoms with van der Waals surface area (Å²) in [5.74, 6) is 2.37. The second-order valence-corrected chi connectivity index (χ2v) is 6.75. The molecule has 3 rings (SSSR count). The van der Waals surface area contributed by atoms with Crippen molar-refractivity contribution in [3.63, 3.8) is 0 Å². The summed E-state index contributed by atoms with van der Waals surface area (Å²) in [5, 5.41) is 6.72. The van der Waals surface area contributed by atoms with Crippen molar-refractivity contribution in [1.82, 2.24) is 10.2 Å². The van der Waals surface area contributed by atoms with Gasteiger partial charge in [-0.2, -0.15) is 0 Å². The molecule has 1 aliphatic heterocycles. The van der Waals surface area contributed by atoms with Crippen molar-refractivity contribution in [1.29, 1.82) is 0 Å². The van der Waals surface area contributed by atoms with E-state index in [1.54, 1.807) is 7.05 Å². The Hall–Kier alpha value is -1.95. The Labute approximate surface area is 150 Å². The van der Waals surface area contributed by atoms with Crippen LogP contribution >= 0.6 is 0 Å². The van der Waals surface area contributed by atoms with Gasteiger partial charge < -0.3 is 25.0 Å². The number of benzene rings is 1. The molecule has 0 aromatic heterocycles. The summed E-state index contributed by atoms with van der Waals surface area (Å²) in [6.07, 6.45) is 6.32. The molecule has 0 atom stereocenters. The van der Waals surface area contributed by atoms with Gasteiger partial charge in [-0.3, -0.25) is 4.99 Å². The number of guanidine groups is 1. The molecule has 1 fully saturated rings. The number of hydrogen-bond donors (Lipinski definition) is 2. The fourth-order valence-electron chi connectivity index (χ4n) is 3.44. The first-order valence-corrected chi connectivity index (χ1v) is 9.34. The Bertz CT molecular complexity index is 585. The van der Waals surface area contributed by atoms with E-state index in [-0.39, 0.29) is 0 Å². The predicted molar refractivity (Wildman–Crippen MR) is 102 cm³/mol. The van der Waals surface area contributed by atoms with Gasteiger partial charge in [-0.05, 0) is 32.0 Å². The number of rotatable bonds is 5. The van der Waals surface area contributed by atoms with Gasteiger partial charge in [-0.25, -0.2) is 0 Å². The van der Waals surface area contributed by atoms with E-state index in [0.717, 1.165) is 48.7 Å². The third-order valence-corrected chi connectivity index (χ3v) is 4.94. The van der Waals surface area contributed by atoms with Crippen LogP contribution in [0.1, 0.15) is 32.1 Å². The van der Waals surface area contributed by atoms with Crippen molar-refractivity contribution in [2.45, 2.75) is 38.1 Å². The van der Waals surface area contributed by atoms with Crippen LogP contribution in [0.25, 0.3) is 0 Å². The number of nitrogens with zero attached hydrogens (tertiary/aromatic N) is 2. The number of hydrogen-bond acceptors (Lipinski definition) is 4. The maximum absolute atomic E-state index is 5.74. The fourth-order valence-corrected chi connectivity index (χ4v) is 3.44.